The van der Waals surface area contributed by atoms with E-state index in [1.807, 2.05) is 0 Å². The molecule has 0 aromatic rings. The summed E-state index contributed by atoms with van der Waals surface area (Å²) in [5, 5.41) is 0. The fourth-order valence-corrected chi connectivity index (χ4v) is 4.73. The molecular weight excluding hydrogens is 340 g/mol. The molecule has 3 fully saturated rings. The van der Waals surface area contributed by atoms with Gasteiger partial charge in [0.15, 0.2) is 11.6 Å². The smallest absolute Gasteiger partial charge is 0.168 e. The van der Waals surface area contributed by atoms with Gasteiger partial charge in [-0.3, -0.25) is 4.79 Å². The molecule has 5 nitrogen and oxygen atoms in total. The summed E-state index contributed by atoms with van der Waals surface area (Å²) in [6, 6.07) is 0. The van der Waals surface area contributed by atoms with Gasteiger partial charge in [-0.25, -0.2) is 0 Å². The number of allylic oxidation sites excluding steroid dienone is 2. The van der Waals surface area contributed by atoms with Crippen LogP contribution in [0.4, 0.5) is 0 Å². The number of hydrogen-bond donors (Lipinski definition) is 2. The first-order valence-corrected chi connectivity index (χ1v) is 10.1. The van der Waals surface area contributed by atoms with Crippen molar-refractivity contribution in [2.75, 3.05) is 13.2 Å². The number of rotatable bonds is 4. The first-order chi connectivity index (χ1) is 12.6. The summed E-state index contributed by atoms with van der Waals surface area (Å²) in [4.78, 5) is 12.5. The van der Waals surface area contributed by atoms with E-state index in [0.29, 0.717) is 17.8 Å². The molecule has 1 saturated heterocycles. The Bertz CT molecular complexity index is 661. The lowest BCUT2D eigenvalue weighted by atomic mass is 9.88. The standard InChI is InChI=1S/C22H34N2O3/c1-5-10-22(23,24)15(2)19(25)9-8-16-6-7-17-11-21(12-18(16)17)26-13-20(3,4)14-27-21/h8-9,15-18H,6-7,11-14,23-24H2,1-4H3. The summed E-state index contributed by atoms with van der Waals surface area (Å²) < 4.78 is 12.4. The maximum atomic E-state index is 12.5. The van der Waals surface area contributed by atoms with Crippen LogP contribution in [0.25, 0.3) is 0 Å². The van der Waals surface area contributed by atoms with E-state index in [1.165, 1.54) is 6.42 Å². The SMILES string of the molecule is CC#CC(N)(N)C(C)C(=O)C=CC1CCC2CC3(CC12)OCC(C)(C)CO3. The van der Waals surface area contributed by atoms with Crippen molar-refractivity contribution in [2.24, 2.45) is 40.6 Å². The third-order valence-electron chi connectivity index (χ3n) is 6.59. The molecule has 4 unspecified atom stereocenters. The first kappa shape index (κ1) is 20.5. The first-order valence-electron chi connectivity index (χ1n) is 10.1. The van der Waals surface area contributed by atoms with Gasteiger partial charge in [-0.15, -0.1) is 5.92 Å². The molecule has 4 N–H and O–H groups in total. The molecule has 0 radical (unpaired) electrons. The third-order valence-corrected chi connectivity index (χ3v) is 6.59. The number of nitrogens with two attached hydrogens (primary N) is 2. The van der Waals surface area contributed by atoms with Crippen LogP contribution in [0.1, 0.15) is 53.4 Å². The third kappa shape index (κ3) is 4.30. The molecule has 0 aromatic carbocycles. The minimum Gasteiger partial charge on any atom is -0.349 e. The molecule has 2 aliphatic carbocycles. The Kier molecular flexibility index (Phi) is 5.58. The van der Waals surface area contributed by atoms with E-state index >= 15 is 0 Å². The average Bonchev–Trinajstić information content (AvgIpc) is 3.13. The van der Waals surface area contributed by atoms with Crippen molar-refractivity contribution >= 4 is 5.78 Å². The van der Waals surface area contributed by atoms with Crippen molar-refractivity contribution in [3.63, 3.8) is 0 Å². The Morgan fingerprint density at radius 1 is 1.22 bits per heavy atom. The highest BCUT2D eigenvalue weighted by Gasteiger charge is 2.54. The van der Waals surface area contributed by atoms with Crippen molar-refractivity contribution in [1.29, 1.82) is 0 Å². The van der Waals surface area contributed by atoms with E-state index in [2.05, 4.69) is 31.8 Å². The summed E-state index contributed by atoms with van der Waals surface area (Å²) in [5.74, 6) is 5.94. The molecule has 1 heterocycles. The molecule has 27 heavy (non-hydrogen) atoms. The highest BCUT2D eigenvalue weighted by molar-refractivity contribution is 5.92. The average molecular weight is 375 g/mol. The van der Waals surface area contributed by atoms with E-state index in [-0.39, 0.29) is 11.2 Å². The normalized spacial score (nSPS) is 32.9. The van der Waals surface area contributed by atoms with Crippen molar-refractivity contribution in [3.05, 3.63) is 12.2 Å². The quantitative estimate of drug-likeness (QED) is 0.449. The van der Waals surface area contributed by atoms with Gasteiger partial charge in [-0.2, -0.15) is 0 Å². The Balaban J connectivity index is 1.62. The minimum atomic E-state index is -1.29. The van der Waals surface area contributed by atoms with E-state index in [9.17, 15) is 4.79 Å². The lowest BCUT2D eigenvalue weighted by Gasteiger charge is -2.42. The van der Waals surface area contributed by atoms with Crippen molar-refractivity contribution in [3.8, 4) is 11.8 Å². The zero-order valence-corrected chi connectivity index (χ0v) is 17.1. The van der Waals surface area contributed by atoms with Gasteiger partial charge in [0, 0.05) is 18.3 Å². The highest BCUT2D eigenvalue weighted by atomic mass is 16.7. The zero-order valence-electron chi connectivity index (χ0n) is 17.1. The lowest BCUT2D eigenvalue weighted by molar-refractivity contribution is -0.297. The van der Waals surface area contributed by atoms with Gasteiger partial charge >= 0.3 is 0 Å². The maximum absolute atomic E-state index is 12.5. The predicted molar refractivity (Wildman–Crippen MR) is 105 cm³/mol. The van der Waals surface area contributed by atoms with Gasteiger partial charge in [0.1, 0.15) is 5.66 Å². The van der Waals surface area contributed by atoms with Gasteiger partial charge in [-0.1, -0.05) is 32.8 Å². The molecule has 3 rings (SSSR count). The van der Waals surface area contributed by atoms with Crippen LogP contribution >= 0.6 is 0 Å². The monoisotopic (exact) mass is 374 g/mol. The molecule has 0 aromatic heterocycles. The lowest BCUT2D eigenvalue weighted by Crippen LogP contribution is -2.55. The van der Waals surface area contributed by atoms with Gasteiger partial charge in [0.2, 0.25) is 0 Å². The van der Waals surface area contributed by atoms with E-state index in [4.69, 9.17) is 20.9 Å². The Morgan fingerprint density at radius 2 is 1.89 bits per heavy atom. The number of hydrogen-bond acceptors (Lipinski definition) is 5. The van der Waals surface area contributed by atoms with E-state index in [1.54, 1.807) is 19.9 Å². The van der Waals surface area contributed by atoms with Crippen molar-refractivity contribution in [1.82, 2.24) is 0 Å². The van der Waals surface area contributed by atoms with E-state index in [0.717, 1.165) is 32.5 Å². The predicted octanol–water partition coefficient (Wildman–Crippen LogP) is 2.59. The van der Waals surface area contributed by atoms with Crippen molar-refractivity contribution < 1.29 is 14.3 Å². The van der Waals surface area contributed by atoms with Gasteiger partial charge in [-0.05, 0) is 43.6 Å². The second-order valence-corrected chi connectivity index (χ2v) is 9.52. The molecule has 0 bridgehead atoms. The van der Waals surface area contributed by atoms with Crippen molar-refractivity contribution in [2.45, 2.75) is 64.8 Å². The summed E-state index contributed by atoms with van der Waals surface area (Å²) in [5.41, 5.74) is 10.7. The van der Waals surface area contributed by atoms with Crippen LogP contribution in [0.3, 0.4) is 0 Å². The number of fused-ring (bicyclic) bond motifs is 1. The summed E-state index contributed by atoms with van der Waals surface area (Å²) in [6.07, 6.45) is 7.90. The fraction of sp³-hybridized carbons (Fsp3) is 0.773. The number of ketones is 1. The van der Waals surface area contributed by atoms with Crippen LogP contribution in [-0.4, -0.2) is 30.4 Å². The fourth-order valence-electron chi connectivity index (χ4n) is 4.73. The molecule has 3 aliphatic rings. The van der Waals surface area contributed by atoms with Gasteiger partial charge < -0.3 is 20.9 Å². The van der Waals surface area contributed by atoms with Crippen LogP contribution in [-0.2, 0) is 14.3 Å². The second kappa shape index (κ2) is 7.33. The molecule has 2 saturated carbocycles. The van der Waals surface area contributed by atoms with Crippen LogP contribution in [0.2, 0.25) is 0 Å². The Labute approximate surface area is 163 Å². The molecular formula is C22H34N2O3. The minimum absolute atomic E-state index is 0.0640. The largest absolute Gasteiger partial charge is 0.349 e. The summed E-state index contributed by atoms with van der Waals surface area (Å²) in [7, 11) is 0. The number of ether oxygens (including phenoxy) is 2. The number of carbonyl (C=O) groups excluding carboxylic acids is 1. The van der Waals surface area contributed by atoms with Gasteiger partial charge in [0.05, 0.1) is 19.1 Å². The topological polar surface area (TPSA) is 87.6 Å². The highest BCUT2D eigenvalue weighted by Crippen LogP contribution is 2.55. The maximum Gasteiger partial charge on any atom is 0.168 e. The number of carbonyl (C=O) groups is 1. The van der Waals surface area contributed by atoms with Crippen LogP contribution in [0, 0.1) is 40.9 Å². The molecule has 150 valence electrons. The second-order valence-electron chi connectivity index (χ2n) is 9.52. The molecule has 1 spiro atoms. The summed E-state index contributed by atoms with van der Waals surface area (Å²) in [6.45, 7) is 9.25. The zero-order chi connectivity index (χ0) is 19.9. The van der Waals surface area contributed by atoms with Crippen LogP contribution in [0.5, 0.6) is 0 Å². The van der Waals surface area contributed by atoms with Gasteiger partial charge in [0.25, 0.3) is 0 Å². The van der Waals surface area contributed by atoms with Crippen LogP contribution in [0.15, 0.2) is 12.2 Å². The summed E-state index contributed by atoms with van der Waals surface area (Å²) >= 11 is 0. The van der Waals surface area contributed by atoms with E-state index < -0.39 is 17.4 Å². The molecule has 4 atom stereocenters. The van der Waals surface area contributed by atoms with Crippen LogP contribution < -0.4 is 11.5 Å². The Hall–Kier alpha value is -1.19. The Morgan fingerprint density at radius 3 is 2.52 bits per heavy atom. The molecule has 1 aliphatic heterocycles. The molecule has 0 amide bonds. The molecule has 5 heteroatoms.